The average Bonchev–Trinajstić information content (AvgIpc) is 2.80. The van der Waals surface area contributed by atoms with Crippen LogP contribution in [0.25, 0.3) is 11.3 Å². The topological polar surface area (TPSA) is 95.5 Å². The van der Waals surface area contributed by atoms with E-state index in [0.29, 0.717) is 10.0 Å². The molecule has 0 saturated heterocycles. The molecule has 0 amide bonds. The number of ether oxygens (including phenoxy) is 1. The van der Waals surface area contributed by atoms with E-state index in [1.54, 1.807) is 6.07 Å². The van der Waals surface area contributed by atoms with Gasteiger partial charge in [0.25, 0.3) is 5.69 Å². The van der Waals surface area contributed by atoms with Gasteiger partial charge in [-0.05, 0) is 15.9 Å². The van der Waals surface area contributed by atoms with E-state index >= 15 is 0 Å². The number of nitro groups is 1. The van der Waals surface area contributed by atoms with Crippen molar-refractivity contribution >= 4 is 27.6 Å². The van der Waals surface area contributed by atoms with Crippen LogP contribution in [0.5, 0.6) is 0 Å². The smallest absolute Gasteiger partial charge is 0.361 e. The van der Waals surface area contributed by atoms with Gasteiger partial charge in [-0.25, -0.2) is 4.79 Å². The van der Waals surface area contributed by atoms with Gasteiger partial charge in [0.15, 0.2) is 5.76 Å². The summed E-state index contributed by atoms with van der Waals surface area (Å²) in [6.07, 6.45) is 0. The number of benzene rings is 1. The molecule has 19 heavy (non-hydrogen) atoms. The molecule has 0 aliphatic carbocycles. The minimum atomic E-state index is -0.660. The molecule has 0 N–H and O–H groups in total. The van der Waals surface area contributed by atoms with Gasteiger partial charge in [-0.3, -0.25) is 10.1 Å². The third-order valence-electron chi connectivity index (χ3n) is 2.33. The monoisotopic (exact) mass is 326 g/mol. The number of hydrogen-bond donors (Lipinski definition) is 0. The summed E-state index contributed by atoms with van der Waals surface area (Å²) in [6.45, 7) is 0. The second kappa shape index (κ2) is 5.19. The number of methoxy groups -OCH3 is 1. The molecule has 0 spiro atoms. The average molecular weight is 327 g/mol. The van der Waals surface area contributed by atoms with Crippen LogP contribution in [0.2, 0.25) is 0 Å². The normalized spacial score (nSPS) is 10.2. The highest BCUT2D eigenvalue weighted by atomic mass is 79.9. The summed E-state index contributed by atoms with van der Waals surface area (Å²) in [5.41, 5.74) is 0.327. The van der Waals surface area contributed by atoms with Crippen molar-refractivity contribution in [1.82, 2.24) is 5.16 Å². The maximum Gasteiger partial charge on any atom is 0.361 e. The van der Waals surface area contributed by atoms with Crippen molar-refractivity contribution in [3.8, 4) is 11.3 Å². The number of rotatable bonds is 3. The van der Waals surface area contributed by atoms with Gasteiger partial charge >= 0.3 is 5.97 Å². The Morgan fingerprint density at radius 1 is 1.53 bits per heavy atom. The number of nitrogens with zero attached hydrogens (tertiary/aromatic N) is 2. The fourth-order valence-electron chi connectivity index (χ4n) is 1.44. The number of carbonyl (C=O) groups excluding carboxylic acids is 1. The Hall–Kier alpha value is -2.22. The van der Waals surface area contributed by atoms with Crippen LogP contribution in [0.3, 0.4) is 0 Å². The zero-order valence-corrected chi connectivity index (χ0v) is 11.2. The highest BCUT2D eigenvalue weighted by Crippen LogP contribution is 2.32. The predicted octanol–water partition coefficient (Wildman–Crippen LogP) is 2.80. The van der Waals surface area contributed by atoms with Crippen molar-refractivity contribution in [2.45, 2.75) is 0 Å². The summed E-state index contributed by atoms with van der Waals surface area (Å²) in [5, 5.41) is 14.3. The molecule has 2 aromatic rings. The van der Waals surface area contributed by atoms with E-state index in [1.807, 2.05) is 0 Å². The quantitative estimate of drug-likeness (QED) is 0.489. The second-order valence-corrected chi connectivity index (χ2v) is 4.27. The first kappa shape index (κ1) is 13.2. The second-order valence-electron chi connectivity index (χ2n) is 3.47. The molecule has 0 radical (unpaired) electrons. The lowest BCUT2D eigenvalue weighted by molar-refractivity contribution is -0.384. The Morgan fingerprint density at radius 3 is 2.89 bits per heavy atom. The summed E-state index contributed by atoms with van der Waals surface area (Å²) in [7, 11) is 1.22. The number of non-ortho nitro benzene ring substituents is 1. The molecule has 8 heteroatoms. The Kier molecular flexibility index (Phi) is 3.61. The zero-order valence-electron chi connectivity index (χ0n) is 9.62. The van der Waals surface area contributed by atoms with Gasteiger partial charge < -0.3 is 9.26 Å². The van der Waals surface area contributed by atoms with Crippen LogP contribution in [-0.2, 0) is 4.74 Å². The van der Waals surface area contributed by atoms with Crippen molar-refractivity contribution in [2.75, 3.05) is 7.11 Å². The lowest BCUT2D eigenvalue weighted by Crippen LogP contribution is -2.01. The molecule has 0 atom stereocenters. The summed E-state index contributed by atoms with van der Waals surface area (Å²) in [6, 6.07) is 5.81. The maximum absolute atomic E-state index is 11.4. The van der Waals surface area contributed by atoms with E-state index in [0.717, 1.165) is 0 Å². The summed E-state index contributed by atoms with van der Waals surface area (Å²) in [4.78, 5) is 21.6. The molecule has 1 heterocycles. The molecule has 0 fully saturated rings. The van der Waals surface area contributed by atoms with Gasteiger partial charge in [0.2, 0.25) is 5.69 Å². The van der Waals surface area contributed by atoms with Crippen LogP contribution in [0, 0.1) is 10.1 Å². The summed E-state index contributed by atoms with van der Waals surface area (Å²) >= 11 is 3.16. The van der Waals surface area contributed by atoms with E-state index in [2.05, 4.69) is 25.8 Å². The molecular formula is C11H7BrN2O5. The van der Waals surface area contributed by atoms with Gasteiger partial charge in [0, 0.05) is 17.7 Å². The first-order chi connectivity index (χ1) is 9.04. The Bertz CT molecular complexity index is 652. The van der Waals surface area contributed by atoms with Crippen LogP contribution in [0.1, 0.15) is 10.5 Å². The Morgan fingerprint density at radius 2 is 2.26 bits per heavy atom. The Balaban J connectivity index is 2.48. The number of aromatic nitrogens is 1. The molecule has 0 saturated carbocycles. The van der Waals surface area contributed by atoms with Gasteiger partial charge in [-0.2, -0.15) is 0 Å². The van der Waals surface area contributed by atoms with E-state index < -0.39 is 10.9 Å². The van der Waals surface area contributed by atoms with Gasteiger partial charge in [0.05, 0.1) is 12.0 Å². The zero-order chi connectivity index (χ0) is 14.0. The van der Waals surface area contributed by atoms with Gasteiger partial charge in [0.1, 0.15) is 4.47 Å². The van der Waals surface area contributed by atoms with Crippen molar-refractivity contribution in [3.63, 3.8) is 0 Å². The largest absolute Gasteiger partial charge is 0.464 e. The van der Waals surface area contributed by atoms with Gasteiger partial charge in [-0.1, -0.05) is 17.3 Å². The number of halogens is 1. The molecular weight excluding hydrogens is 320 g/mol. The molecule has 2 rings (SSSR count). The van der Waals surface area contributed by atoms with Crippen LogP contribution < -0.4 is 0 Å². The molecule has 7 nitrogen and oxygen atoms in total. The van der Waals surface area contributed by atoms with E-state index in [1.165, 1.54) is 25.3 Å². The molecule has 1 aromatic carbocycles. The fourth-order valence-corrected chi connectivity index (χ4v) is 1.98. The van der Waals surface area contributed by atoms with E-state index in [-0.39, 0.29) is 17.1 Å². The highest BCUT2D eigenvalue weighted by Gasteiger charge is 2.22. The minimum absolute atomic E-state index is 0.0241. The van der Waals surface area contributed by atoms with Gasteiger partial charge in [-0.15, -0.1) is 0 Å². The molecule has 1 aromatic heterocycles. The Labute approximate surface area is 115 Å². The molecule has 0 unspecified atom stereocenters. The van der Waals surface area contributed by atoms with Crippen molar-refractivity contribution in [2.24, 2.45) is 0 Å². The predicted molar refractivity (Wildman–Crippen MR) is 67.6 cm³/mol. The van der Waals surface area contributed by atoms with Crippen LogP contribution in [0.4, 0.5) is 5.69 Å². The summed E-state index contributed by atoms with van der Waals surface area (Å²) in [5.74, 6) is -0.434. The fraction of sp³-hybridized carbons (Fsp3) is 0.0909. The minimum Gasteiger partial charge on any atom is -0.464 e. The molecule has 98 valence electrons. The SMILES string of the molecule is COC(=O)c1noc(-c2cccc([N+](=O)[O-])c2)c1Br. The number of esters is 1. The lowest BCUT2D eigenvalue weighted by atomic mass is 10.1. The summed E-state index contributed by atoms with van der Waals surface area (Å²) < 4.78 is 9.84. The number of nitro benzene ring substituents is 1. The van der Waals surface area contributed by atoms with Crippen molar-refractivity contribution < 1.29 is 19.0 Å². The number of carbonyl (C=O) groups is 1. The molecule has 0 bridgehead atoms. The molecule has 0 aliphatic heterocycles. The van der Waals surface area contributed by atoms with Crippen LogP contribution >= 0.6 is 15.9 Å². The maximum atomic E-state index is 11.4. The van der Waals surface area contributed by atoms with Crippen molar-refractivity contribution in [3.05, 3.63) is 44.5 Å². The highest BCUT2D eigenvalue weighted by molar-refractivity contribution is 9.10. The number of hydrogen-bond acceptors (Lipinski definition) is 6. The van der Waals surface area contributed by atoms with Crippen LogP contribution in [0.15, 0.2) is 33.3 Å². The lowest BCUT2D eigenvalue weighted by Gasteiger charge is -1.97. The van der Waals surface area contributed by atoms with E-state index in [9.17, 15) is 14.9 Å². The first-order valence-corrected chi connectivity index (χ1v) is 5.82. The van der Waals surface area contributed by atoms with Crippen molar-refractivity contribution in [1.29, 1.82) is 0 Å². The van der Waals surface area contributed by atoms with E-state index in [4.69, 9.17) is 4.52 Å². The molecule has 0 aliphatic rings. The standard InChI is InChI=1S/C11H7BrN2O5/c1-18-11(15)9-8(12)10(19-13-9)6-3-2-4-7(5-6)14(16)17/h2-5H,1H3. The van der Waals surface area contributed by atoms with Crippen LogP contribution in [-0.4, -0.2) is 23.2 Å². The third kappa shape index (κ3) is 2.48. The third-order valence-corrected chi connectivity index (χ3v) is 3.07. The first-order valence-electron chi connectivity index (χ1n) is 5.03.